The van der Waals surface area contributed by atoms with Crippen molar-refractivity contribution >= 4 is 29.3 Å². The maximum Gasteiger partial charge on any atom is 0.326 e. The van der Waals surface area contributed by atoms with Crippen LogP contribution in [0.1, 0.15) is 6.42 Å². The molecular formula is C13H17ClN2O5. The molecule has 0 saturated carbocycles. The molecule has 3 N–H and O–H groups in total. The first-order valence-electron chi connectivity index (χ1n) is 6.10. The highest BCUT2D eigenvalue weighted by molar-refractivity contribution is 6.31. The molecular weight excluding hydrogens is 300 g/mol. The topological polar surface area (TPSA) is 96.9 Å². The Morgan fingerprint density at radius 2 is 2.10 bits per heavy atom. The van der Waals surface area contributed by atoms with Crippen LogP contribution >= 0.6 is 11.6 Å². The molecule has 0 heterocycles. The smallest absolute Gasteiger partial charge is 0.326 e. The molecule has 1 atom stereocenters. The lowest BCUT2D eigenvalue weighted by Crippen LogP contribution is -2.43. The first-order chi connectivity index (χ1) is 9.97. The predicted octanol–water partition coefficient (Wildman–Crippen LogP) is 1.96. The van der Waals surface area contributed by atoms with Crippen LogP contribution < -0.4 is 15.4 Å². The average Bonchev–Trinajstić information content (AvgIpc) is 2.43. The number of nitrogens with one attached hydrogen (secondary N) is 2. The summed E-state index contributed by atoms with van der Waals surface area (Å²) in [5.41, 5.74) is 0.346. The van der Waals surface area contributed by atoms with E-state index in [4.69, 9.17) is 26.2 Å². The van der Waals surface area contributed by atoms with Crippen LogP contribution in [0.4, 0.5) is 10.5 Å². The molecule has 0 saturated heterocycles. The molecule has 1 rings (SSSR count). The van der Waals surface area contributed by atoms with Crippen LogP contribution in [-0.4, -0.2) is 44.0 Å². The van der Waals surface area contributed by atoms with Crippen LogP contribution in [0.25, 0.3) is 0 Å². The molecule has 7 nitrogen and oxygen atoms in total. The number of rotatable bonds is 7. The van der Waals surface area contributed by atoms with E-state index in [9.17, 15) is 9.59 Å². The van der Waals surface area contributed by atoms with Gasteiger partial charge in [0.1, 0.15) is 11.8 Å². The fraction of sp³-hybridized carbons (Fsp3) is 0.385. The number of hydrogen-bond acceptors (Lipinski definition) is 4. The third-order valence-corrected chi connectivity index (χ3v) is 2.86. The van der Waals surface area contributed by atoms with Crippen LogP contribution in [0.5, 0.6) is 5.75 Å². The number of carbonyl (C=O) groups excluding carboxylic acids is 1. The normalized spacial score (nSPS) is 11.6. The zero-order valence-corrected chi connectivity index (χ0v) is 12.4. The fourth-order valence-electron chi connectivity index (χ4n) is 1.59. The fourth-order valence-corrected chi connectivity index (χ4v) is 1.76. The van der Waals surface area contributed by atoms with Gasteiger partial charge in [-0.25, -0.2) is 9.59 Å². The van der Waals surface area contributed by atoms with Crippen molar-refractivity contribution in [1.82, 2.24) is 5.32 Å². The first-order valence-corrected chi connectivity index (χ1v) is 6.48. The molecule has 1 unspecified atom stereocenters. The van der Waals surface area contributed by atoms with Crippen molar-refractivity contribution in [2.45, 2.75) is 12.5 Å². The summed E-state index contributed by atoms with van der Waals surface area (Å²) in [6, 6.07) is 3.00. The van der Waals surface area contributed by atoms with Gasteiger partial charge in [0.25, 0.3) is 0 Å². The van der Waals surface area contributed by atoms with Crippen molar-refractivity contribution in [2.24, 2.45) is 0 Å². The monoisotopic (exact) mass is 316 g/mol. The lowest BCUT2D eigenvalue weighted by atomic mass is 10.2. The van der Waals surface area contributed by atoms with Gasteiger partial charge in [0.05, 0.1) is 12.8 Å². The minimum Gasteiger partial charge on any atom is -0.495 e. The number of urea groups is 1. The van der Waals surface area contributed by atoms with Gasteiger partial charge < -0.3 is 25.2 Å². The van der Waals surface area contributed by atoms with Gasteiger partial charge in [-0.05, 0) is 18.2 Å². The number of anilines is 1. The average molecular weight is 317 g/mol. The van der Waals surface area contributed by atoms with Gasteiger partial charge in [0.2, 0.25) is 0 Å². The van der Waals surface area contributed by atoms with Crippen molar-refractivity contribution in [3.05, 3.63) is 23.2 Å². The quantitative estimate of drug-likeness (QED) is 0.714. The van der Waals surface area contributed by atoms with Gasteiger partial charge in [0, 0.05) is 25.2 Å². The molecule has 0 bridgehead atoms. The van der Waals surface area contributed by atoms with E-state index in [-0.39, 0.29) is 13.0 Å². The summed E-state index contributed by atoms with van der Waals surface area (Å²) in [5.74, 6) is -0.724. The molecule has 0 fully saturated rings. The number of carbonyl (C=O) groups is 2. The van der Waals surface area contributed by atoms with Crippen molar-refractivity contribution < 1.29 is 24.2 Å². The third kappa shape index (κ3) is 5.49. The first kappa shape index (κ1) is 17.1. The number of ether oxygens (including phenoxy) is 2. The van der Waals surface area contributed by atoms with Gasteiger partial charge in [-0.15, -0.1) is 0 Å². The molecule has 2 amide bonds. The number of aliphatic carboxylic acids is 1. The highest BCUT2D eigenvalue weighted by Gasteiger charge is 2.20. The number of halogens is 1. The zero-order chi connectivity index (χ0) is 15.8. The van der Waals surface area contributed by atoms with Crippen LogP contribution in [0.15, 0.2) is 18.2 Å². The summed E-state index contributed by atoms with van der Waals surface area (Å²) in [5, 5.41) is 14.3. The number of methoxy groups -OCH3 is 2. The summed E-state index contributed by atoms with van der Waals surface area (Å²) in [6.45, 7) is 0.220. The van der Waals surface area contributed by atoms with E-state index in [0.29, 0.717) is 16.5 Å². The molecule has 0 aliphatic heterocycles. The molecule has 8 heteroatoms. The number of hydrogen-bond donors (Lipinski definition) is 3. The van der Waals surface area contributed by atoms with Gasteiger partial charge in [-0.2, -0.15) is 0 Å². The lowest BCUT2D eigenvalue weighted by Gasteiger charge is -2.16. The number of amides is 2. The van der Waals surface area contributed by atoms with E-state index >= 15 is 0 Å². The molecule has 1 aromatic rings. The van der Waals surface area contributed by atoms with Crippen LogP contribution in [-0.2, 0) is 9.53 Å². The number of carboxylic acids is 1. The second-order valence-electron chi connectivity index (χ2n) is 4.12. The van der Waals surface area contributed by atoms with E-state index in [1.807, 2.05) is 0 Å². The van der Waals surface area contributed by atoms with Crippen molar-refractivity contribution in [3.8, 4) is 5.75 Å². The SMILES string of the molecule is COCCC(NC(=O)Nc1cc(Cl)ccc1OC)C(=O)O. The van der Waals surface area contributed by atoms with Crippen LogP contribution in [0.2, 0.25) is 5.02 Å². The Balaban J connectivity index is 2.71. The summed E-state index contributed by atoms with van der Waals surface area (Å²) < 4.78 is 9.88. The van der Waals surface area contributed by atoms with E-state index < -0.39 is 18.0 Å². The molecule has 116 valence electrons. The summed E-state index contributed by atoms with van der Waals surface area (Å²) >= 11 is 5.84. The Labute approximate surface area is 127 Å². The predicted molar refractivity (Wildman–Crippen MR) is 78.1 cm³/mol. The Morgan fingerprint density at radius 3 is 2.67 bits per heavy atom. The summed E-state index contributed by atoms with van der Waals surface area (Å²) in [7, 11) is 2.90. The van der Waals surface area contributed by atoms with Crippen molar-refractivity contribution in [2.75, 3.05) is 26.1 Å². The standard InChI is InChI=1S/C13H17ClN2O5/c1-20-6-5-9(12(17)18)15-13(19)16-10-7-8(14)3-4-11(10)21-2/h3-4,7,9H,5-6H2,1-2H3,(H,17,18)(H2,15,16,19). The van der Waals surface area contributed by atoms with E-state index in [0.717, 1.165) is 0 Å². The number of carboxylic acid groups (broad SMARTS) is 1. The Hall–Kier alpha value is -1.99. The van der Waals surface area contributed by atoms with E-state index in [2.05, 4.69) is 10.6 Å². The third-order valence-electron chi connectivity index (χ3n) is 2.62. The maximum absolute atomic E-state index is 11.8. The summed E-state index contributed by atoms with van der Waals surface area (Å²) in [4.78, 5) is 22.9. The van der Waals surface area contributed by atoms with E-state index in [1.165, 1.54) is 20.3 Å². The van der Waals surface area contributed by atoms with Crippen LogP contribution in [0.3, 0.4) is 0 Å². The Morgan fingerprint density at radius 1 is 1.38 bits per heavy atom. The van der Waals surface area contributed by atoms with Gasteiger partial charge in [-0.3, -0.25) is 0 Å². The molecule has 21 heavy (non-hydrogen) atoms. The lowest BCUT2D eigenvalue weighted by molar-refractivity contribution is -0.139. The minimum atomic E-state index is -1.14. The van der Waals surface area contributed by atoms with Gasteiger partial charge >= 0.3 is 12.0 Å². The Kier molecular flexibility index (Phi) is 6.77. The van der Waals surface area contributed by atoms with E-state index in [1.54, 1.807) is 12.1 Å². The molecule has 1 aromatic carbocycles. The number of benzene rings is 1. The molecule has 0 aliphatic rings. The zero-order valence-electron chi connectivity index (χ0n) is 11.7. The van der Waals surface area contributed by atoms with Crippen LogP contribution in [0, 0.1) is 0 Å². The summed E-state index contributed by atoms with van der Waals surface area (Å²) in [6.07, 6.45) is 0.159. The second-order valence-corrected chi connectivity index (χ2v) is 4.55. The molecule has 0 aromatic heterocycles. The molecule has 0 spiro atoms. The molecule has 0 radical (unpaired) electrons. The minimum absolute atomic E-state index is 0.159. The maximum atomic E-state index is 11.8. The largest absolute Gasteiger partial charge is 0.495 e. The van der Waals surface area contributed by atoms with Crippen molar-refractivity contribution in [1.29, 1.82) is 0 Å². The highest BCUT2D eigenvalue weighted by Crippen LogP contribution is 2.27. The molecule has 0 aliphatic carbocycles. The van der Waals surface area contributed by atoms with Gasteiger partial charge in [0.15, 0.2) is 0 Å². The van der Waals surface area contributed by atoms with Gasteiger partial charge in [-0.1, -0.05) is 11.6 Å². The Bertz CT molecular complexity index is 509. The second kappa shape index (κ2) is 8.33. The highest BCUT2D eigenvalue weighted by atomic mass is 35.5. The van der Waals surface area contributed by atoms with Crippen molar-refractivity contribution in [3.63, 3.8) is 0 Å².